The molecule has 0 fully saturated rings. The second-order valence-electron chi connectivity index (χ2n) is 0.781. The van der Waals surface area contributed by atoms with E-state index in [0.29, 0.717) is 0 Å². The number of hydrogen-bond donors (Lipinski definition) is 0. The van der Waals surface area contributed by atoms with Crippen LogP contribution >= 0.6 is 47.8 Å². The topological polar surface area (TPSA) is 0 Å². The average molecular weight is 358 g/mol. The van der Waals surface area contributed by atoms with Gasteiger partial charge in [-0.15, -0.1) is 0 Å². The Balaban J connectivity index is 0. The summed E-state index contributed by atoms with van der Waals surface area (Å²) < 4.78 is -0.0625. The van der Waals surface area contributed by atoms with Crippen LogP contribution in [0.5, 0.6) is 0 Å². The first-order chi connectivity index (χ1) is 2.00. The van der Waals surface area contributed by atoms with Gasteiger partial charge < -0.3 is 0 Å². The van der Waals surface area contributed by atoms with Crippen molar-refractivity contribution in [2.45, 2.75) is 9.07 Å². The Morgan fingerprint density at radius 2 is 1.17 bits per heavy atom. The Hall–Kier alpha value is 2.32. The van der Waals surface area contributed by atoms with Crippen molar-refractivity contribution in [1.82, 2.24) is 0 Å². The molecule has 0 nitrogen and oxygen atoms in total. The van der Waals surface area contributed by atoms with Crippen LogP contribution in [0.1, 0.15) is 6.92 Å². The molecule has 36 valence electrons. The second kappa shape index (κ2) is 4.23. The number of rotatable bonds is 0. The van der Waals surface area contributed by atoms with E-state index in [-0.39, 0.29) is 28.3 Å². The van der Waals surface area contributed by atoms with E-state index >= 15 is 0 Å². The monoisotopic (exact) mass is 354 g/mol. The molecule has 0 aromatic heterocycles. The molecule has 0 radical (unpaired) electrons. The molecule has 0 aromatic carbocycles. The van der Waals surface area contributed by atoms with Crippen molar-refractivity contribution in [3.05, 3.63) is 0 Å². The van der Waals surface area contributed by atoms with Crippen molar-refractivity contribution < 1.29 is 26.2 Å². The molecule has 0 aliphatic carbocycles. The summed E-state index contributed by atoms with van der Waals surface area (Å²) in [6, 6.07) is 0. The third-order valence-corrected chi connectivity index (χ3v) is 0. The molecule has 0 aromatic rings. The molecular formula is C2H3Br3Zr. The van der Waals surface area contributed by atoms with E-state index in [1.165, 1.54) is 0 Å². The van der Waals surface area contributed by atoms with Gasteiger partial charge in [0.15, 0.2) is 0 Å². The summed E-state index contributed by atoms with van der Waals surface area (Å²) in [7, 11) is 0. The van der Waals surface area contributed by atoms with Crippen molar-refractivity contribution in [3.8, 4) is 0 Å². The smallest absolute Gasteiger partial charge is 0.0603 e. The van der Waals surface area contributed by atoms with Gasteiger partial charge in [0.05, 0.1) is 0 Å². The first kappa shape index (κ1) is 11.2. The Kier molecular flexibility index (Phi) is 7.86. The summed E-state index contributed by atoms with van der Waals surface area (Å²) in [6.45, 7) is 1.94. The van der Waals surface area contributed by atoms with Crippen molar-refractivity contribution in [3.63, 3.8) is 0 Å². The van der Waals surface area contributed by atoms with Crippen LogP contribution in [0.4, 0.5) is 0 Å². The Morgan fingerprint density at radius 3 is 1.17 bits per heavy atom. The molecule has 0 saturated heterocycles. The largest absolute Gasteiger partial charge is 0.132 e. The van der Waals surface area contributed by atoms with Gasteiger partial charge in [-0.25, -0.2) is 0 Å². The fraction of sp³-hybridized carbons (Fsp3) is 1.00. The first-order valence-corrected chi connectivity index (χ1v) is 3.45. The fourth-order valence-corrected chi connectivity index (χ4v) is 0. The minimum absolute atomic E-state index is 0. The molecular weight excluding hydrogens is 355 g/mol. The molecule has 0 aliphatic rings. The summed E-state index contributed by atoms with van der Waals surface area (Å²) in [4.78, 5) is 0. The molecule has 0 unspecified atom stereocenters. The maximum atomic E-state index is 3.21. The van der Waals surface area contributed by atoms with E-state index in [2.05, 4.69) is 47.8 Å². The molecule has 0 aliphatic heterocycles. The Bertz CT molecular complexity index is 24.3. The zero-order chi connectivity index (χ0) is 4.50. The van der Waals surface area contributed by atoms with Gasteiger partial charge in [-0.05, 0) is 6.92 Å². The Labute approximate surface area is 82.0 Å². The third kappa shape index (κ3) is 33.2. The van der Waals surface area contributed by atoms with Gasteiger partial charge in [0.1, 0.15) is 2.14 Å². The summed E-state index contributed by atoms with van der Waals surface area (Å²) in [5.41, 5.74) is 0. The van der Waals surface area contributed by atoms with E-state index in [0.717, 1.165) is 0 Å². The SMILES string of the molecule is CC(Br)(Br)Br.[Zr]. The molecule has 4 heteroatoms. The van der Waals surface area contributed by atoms with Gasteiger partial charge in [-0.1, -0.05) is 47.8 Å². The van der Waals surface area contributed by atoms with Crippen LogP contribution < -0.4 is 0 Å². The van der Waals surface area contributed by atoms with Gasteiger partial charge in [0.2, 0.25) is 0 Å². The third-order valence-electron chi connectivity index (χ3n) is 0. The molecule has 0 bridgehead atoms. The second-order valence-corrected chi connectivity index (χ2v) is 8.73. The van der Waals surface area contributed by atoms with Crippen molar-refractivity contribution in [2.75, 3.05) is 0 Å². The van der Waals surface area contributed by atoms with Gasteiger partial charge in [0.25, 0.3) is 0 Å². The molecule has 0 saturated carbocycles. The van der Waals surface area contributed by atoms with E-state index in [1.54, 1.807) is 0 Å². The maximum Gasteiger partial charge on any atom is 0.132 e. The number of hydrogen-bond acceptors (Lipinski definition) is 0. The number of alkyl halides is 3. The predicted molar refractivity (Wildman–Crippen MR) is 35.2 cm³/mol. The van der Waals surface area contributed by atoms with Crippen molar-refractivity contribution in [2.24, 2.45) is 0 Å². The minimum atomic E-state index is -0.0625. The predicted octanol–water partition coefficient (Wildman–Crippen LogP) is 2.84. The van der Waals surface area contributed by atoms with Crippen LogP contribution in [0, 0.1) is 0 Å². The molecule has 0 rings (SSSR count). The van der Waals surface area contributed by atoms with Gasteiger partial charge >= 0.3 is 0 Å². The van der Waals surface area contributed by atoms with E-state index in [9.17, 15) is 0 Å². The van der Waals surface area contributed by atoms with Crippen LogP contribution in [0.25, 0.3) is 0 Å². The maximum absolute atomic E-state index is 3.21. The molecule has 0 amide bonds. The molecule has 0 heterocycles. The first-order valence-electron chi connectivity index (χ1n) is 1.07. The zero-order valence-electron chi connectivity index (χ0n) is 3.13. The van der Waals surface area contributed by atoms with Crippen LogP contribution in [-0.2, 0) is 26.2 Å². The van der Waals surface area contributed by atoms with Crippen LogP contribution in [0.2, 0.25) is 0 Å². The molecule has 0 spiro atoms. The van der Waals surface area contributed by atoms with Crippen molar-refractivity contribution >= 4 is 47.8 Å². The summed E-state index contributed by atoms with van der Waals surface area (Å²) >= 11 is 9.62. The summed E-state index contributed by atoms with van der Waals surface area (Å²) in [5, 5.41) is 0. The fourth-order valence-electron chi connectivity index (χ4n) is 0. The average Bonchev–Trinajstić information content (AvgIpc) is 0.722. The summed E-state index contributed by atoms with van der Waals surface area (Å²) in [5.74, 6) is 0. The van der Waals surface area contributed by atoms with Gasteiger partial charge in [0, 0.05) is 26.2 Å². The summed E-state index contributed by atoms with van der Waals surface area (Å²) in [6.07, 6.45) is 0. The quantitative estimate of drug-likeness (QED) is 0.585. The van der Waals surface area contributed by atoms with Gasteiger partial charge in [-0.2, -0.15) is 0 Å². The molecule has 0 N–H and O–H groups in total. The van der Waals surface area contributed by atoms with Crippen LogP contribution in [0.15, 0.2) is 0 Å². The zero-order valence-corrected chi connectivity index (χ0v) is 10.3. The number of halogens is 3. The standard InChI is InChI=1S/C2H3Br3.Zr/c1-2(3,4)5;/h1H3;. The van der Waals surface area contributed by atoms with Crippen LogP contribution in [0.3, 0.4) is 0 Å². The van der Waals surface area contributed by atoms with E-state index in [1.807, 2.05) is 6.92 Å². The van der Waals surface area contributed by atoms with Crippen LogP contribution in [-0.4, -0.2) is 2.14 Å². The Morgan fingerprint density at radius 1 is 1.17 bits per heavy atom. The normalized spacial score (nSPS) is 10.0. The minimum Gasteiger partial charge on any atom is -0.0603 e. The molecule has 6 heavy (non-hydrogen) atoms. The van der Waals surface area contributed by atoms with Crippen molar-refractivity contribution in [1.29, 1.82) is 0 Å². The molecule has 0 atom stereocenters. The van der Waals surface area contributed by atoms with Gasteiger partial charge in [-0.3, -0.25) is 0 Å². The van der Waals surface area contributed by atoms with E-state index in [4.69, 9.17) is 0 Å². The van der Waals surface area contributed by atoms with E-state index < -0.39 is 0 Å².